The summed E-state index contributed by atoms with van der Waals surface area (Å²) in [6, 6.07) is 9.86. The molecule has 0 fully saturated rings. The van der Waals surface area contributed by atoms with Crippen LogP contribution in [0.25, 0.3) is 22.3 Å². The molecule has 0 saturated carbocycles. The summed E-state index contributed by atoms with van der Waals surface area (Å²) in [4.78, 5) is 0. The van der Waals surface area contributed by atoms with Crippen molar-refractivity contribution in [2.75, 3.05) is 0 Å². The van der Waals surface area contributed by atoms with Gasteiger partial charge >= 0.3 is 6.18 Å². The maximum Gasteiger partial charge on any atom is 0.422 e. The van der Waals surface area contributed by atoms with Gasteiger partial charge in [0.1, 0.15) is 23.0 Å². The second-order valence-corrected chi connectivity index (χ2v) is 7.57. The molecule has 1 aliphatic carbocycles. The normalized spacial score (nSPS) is 12.8. The molecule has 0 aromatic heterocycles. The van der Waals surface area contributed by atoms with Crippen molar-refractivity contribution in [2.45, 2.75) is 38.8 Å². The molecule has 3 aromatic rings. The second-order valence-electron chi connectivity index (χ2n) is 7.57. The first kappa shape index (κ1) is 20.5. The van der Waals surface area contributed by atoms with E-state index < -0.39 is 29.2 Å². The van der Waals surface area contributed by atoms with Gasteiger partial charge in [0, 0.05) is 5.56 Å². The van der Waals surface area contributed by atoms with Crippen LogP contribution in [0.15, 0.2) is 42.5 Å². The van der Waals surface area contributed by atoms with Crippen molar-refractivity contribution in [2.24, 2.45) is 0 Å². The lowest BCUT2D eigenvalue weighted by atomic mass is 9.97. The molecule has 0 unspecified atom stereocenters. The maximum absolute atomic E-state index is 14.8. The zero-order valence-corrected chi connectivity index (χ0v) is 16.1. The lowest BCUT2D eigenvalue weighted by Gasteiger charge is -2.13. The van der Waals surface area contributed by atoms with Crippen LogP contribution in [0.3, 0.4) is 0 Å². The van der Waals surface area contributed by atoms with Gasteiger partial charge < -0.3 is 0 Å². The molecule has 0 saturated heterocycles. The standard InChI is InChI=1S/C24H18F6/c1-2-3-4-13-5-6-17-14(7-13)8-15-9-19(20(25)12-18(15)17)16-10-21(26)23(22(27)11-16)24(28,29)30/h5-7,9-12H,2-4,8H2,1H3. The molecule has 0 spiro atoms. The van der Waals surface area contributed by atoms with Gasteiger partial charge in [-0.05, 0) is 76.9 Å². The number of hydrogen-bond donors (Lipinski definition) is 0. The Bertz CT molecular complexity index is 1100. The fraction of sp³-hybridized carbons (Fsp3) is 0.250. The van der Waals surface area contributed by atoms with Crippen LogP contribution in [-0.4, -0.2) is 0 Å². The molecule has 0 amide bonds. The van der Waals surface area contributed by atoms with Gasteiger partial charge in [-0.15, -0.1) is 0 Å². The van der Waals surface area contributed by atoms with Gasteiger partial charge in [-0.3, -0.25) is 0 Å². The van der Waals surface area contributed by atoms with E-state index in [1.165, 1.54) is 17.7 Å². The van der Waals surface area contributed by atoms with E-state index in [0.717, 1.165) is 36.0 Å². The molecular weight excluding hydrogens is 402 g/mol. The first-order valence-corrected chi connectivity index (χ1v) is 9.70. The third kappa shape index (κ3) is 3.59. The lowest BCUT2D eigenvalue weighted by molar-refractivity contribution is -0.142. The summed E-state index contributed by atoms with van der Waals surface area (Å²) in [7, 11) is 0. The largest absolute Gasteiger partial charge is 0.422 e. The number of unbranched alkanes of at least 4 members (excludes halogenated alkanes) is 1. The highest BCUT2D eigenvalue weighted by Crippen LogP contribution is 2.42. The minimum Gasteiger partial charge on any atom is -0.206 e. The van der Waals surface area contributed by atoms with E-state index in [2.05, 4.69) is 13.0 Å². The van der Waals surface area contributed by atoms with Crippen LogP contribution in [0, 0.1) is 17.5 Å². The predicted octanol–water partition coefficient (Wildman–Crippen LogP) is 7.70. The topological polar surface area (TPSA) is 0 Å². The summed E-state index contributed by atoms with van der Waals surface area (Å²) in [6.45, 7) is 2.11. The van der Waals surface area contributed by atoms with E-state index in [-0.39, 0.29) is 11.1 Å². The molecule has 0 aliphatic heterocycles. The van der Waals surface area contributed by atoms with E-state index in [0.29, 0.717) is 24.1 Å². The van der Waals surface area contributed by atoms with Crippen LogP contribution < -0.4 is 0 Å². The Hall–Kier alpha value is -2.76. The highest BCUT2D eigenvalue weighted by atomic mass is 19.4. The SMILES string of the molecule is CCCCc1ccc2c(c1)Cc1cc(-c3cc(F)c(C(F)(F)F)c(F)c3)c(F)cc1-2. The molecule has 0 heterocycles. The Kier molecular flexibility index (Phi) is 5.12. The lowest BCUT2D eigenvalue weighted by Crippen LogP contribution is -2.11. The van der Waals surface area contributed by atoms with Crippen molar-refractivity contribution in [3.05, 3.63) is 82.2 Å². The monoisotopic (exact) mass is 420 g/mol. The third-order valence-corrected chi connectivity index (χ3v) is 5.49. The van der Waals surface area contributed by atoms with Crippen molar-refractivity contribution in [1.82, 2.24) is 0 Å². The number of hydrogen-bond acceptors (Lipinski definition) is 0. The predicted molar refractivity (Wildman–Crippen MR) is 104 cm³/mol. The molecule has 0 N–H and O–H groups in total. The minimum atomic E-state index is -5.17. The molecular formula is C24H18F6. The van der Waals surface area contributed by atoms with Gasteiger partial charge in [0.05, 0.1) is 0 Å². The number of alkyl halides is 3. The Morgan fingerprint density at radius 2 is 1.43 bits per heavy atom. The summed E-state index contributed by atoms with van der Waals surface area (Å²) in [6.07, 6.45) is -1.55. The molecule has 0 atom stereocenters. The molecule has 0 bridgehead atoms. The average molecular weight is 420 g/mol. The zero-order chi connectivity index (χ0) is 21.6. The smallest absolute Gasteiger partial charge is 0.206 e. The fourth-order valence-corrected chi connectivity index (χ4v) is 4.03. The number of halogens is 6. The maximum atomic E-state index is 14.8. The highest BCUT2D eigenvalue weighted by molar-refractivity contribution is 5.81. The molecule has 0 nitrogen and oxygen atoms in total. The Morgan fingerprint density at radius 3 is 2.07 bits per heavy atom. The van der Waals surface area contributed by atoms with Crippen LogP contribution in [0.1, 0.15) is 42.0 Å². The van der Waals surface area contributed by atoms with Gasteiger partial charge in [-0.1, -0.05) is 31.5 Å². The molecule has 0 radical (unpaired) electrons. The first-order chi connectivity index (χ1) is 14.2. The fourth-order valence-electron chi connectivity index (χ4n) is 4.03. The summed E-state index contributed by atoms with van der Waals surface area (Å²) in [5.74, 6) is -4.27. The highest BCUT2D eigenvalue weighted by Gasteiger charge is 2.38. The van der Waals surface area contributed by atoms with Gasteiger partial charge in [0.15, 0.2) is 0 Å². The Balaban J connectivity index is 1.74. The molecule has 4 rings (SSSR count). The quantitative estimate of drug-likeness (QED) is 0.297. The van der Waals surface area contributed by atoms with Crippen molar-refractivity contribution in [3.63, 3.8) is 0 Å². The number of aryl methyl sites for hydroxylation is 1. The third-order valence-electron chi connectivity index (χ3n) is 5.49. The summed E-state index contributed by atoms with van der Waals surface area (Å²) in [5.41, 5.74) is 2.24. The van der Waals surface area contributed by atoms with E-state index in [9.17, 15) is 26.3 Å². The minimum absolute atomic E-state index is 0.126. The summed E-state index contributed by atoms with van der Waals surface area (Å²) in [5, 5.41) is 0. The van der Waals surface area contributed by atoms with E-state index >= 15 is 0 Å². The van der Waals surface area contributed by atoms with Gasteiger partial charge in [-0.2, -0.15) is 13.2 Å². The first-order valence-electron chi connectivity index (χ1n) is 9.70. The van der Waals surface area contributed by atoms with Crippen LogP contribution in [0.2, 0.25) is 0 Å². The van der Waals surface area contributed by atoms with Crippen molar-refractivity contribution in [3.8, 4) is 22.3 Å². The van der Waals surface area contributed by atoms with Crippen molar-refractivity contribution >= 4 is 0 Å². The molecule has 1 aliphatic rings. The second kappa shape index (κ2) is 7.49. The zero-order valence-electron chi connectivity index (χ0n) is 16.1. The van der Waals surface area contributed by atoms with Crippen molar-refractivity contribution < 1.29 is 26.3 Å². The number of fused-ring (bicyclic) bond motifs is 3. The Labute approximate surface area is 170 Å². The number of benzene rings is 3. The molecule has 30 heavy (non-hydrogen) atoms. The summed E-state index contributed by atoms with van der Waals surface area (Å²) < 4.78 is 81.2. The number of rotatable bonds is 4. The van der Waals surface area contributed by atoms with Gasteiger partial charge in [0.2, 0.25) is 0 Å². The van der Waals surface area contributed by atoms with Gasteiger partial charge in [-0.25, -0.2) is 13.2 Å². The van der Waals surface area contributed by atoms with Crippen molar-refractivity contribution in [1.29, 1.82) is 0 Å². The molecule has 6 heteroatoms. The van der Waals surface area contributed by atoms with Crippen LogP contribution in [0.5, 0.6) is 0 Å². The molecule has 3 aromatic carbocycles. The Morgan fingerprint density at radius 1 is 0.767 bits per heavy atom. The van der Waals surface area contributed by atoms with Crippen LogP contribution in [-0.2, 0) is 19.0 Å². The summed E-state index contributed by atoms with van der Waals surface area (Å²) >= 11 is 0. The van der Waals surface area contributed by atoms with E-state index in [1.807, 2.05) is 12.1 Å². The van der Waals surface area contributed by atoms with Gasteiger partial charge in [0.25, 0.3) is 0 Å². The average Bonchev–Trinajstić information content (AvgIpc) is 3.00. The molecule has 156 valence electrons. The van der Waals surface area contributed by atoms with E-state index in [4.69, 9.17) is 0 Å². The van der Waals surface area contributed by atoms with Crippen LogP contribution in [0.4, 0.5) is 26.3 Å². The van der Waals surface area contributed by atoms with E-state index in [1.54, 1.807) is 0 Å². The van der Waals surface area contributed by atoms with Crippen LogP contribution >= 0.6 is 0 Å².